The number of nitrogens with zero attached hydrogens (tertiary/aromatic N) is 1. The van der Waals surface area contributed by atoms with Crippen LogP contribution in [-0.4, -0.2) is 95.9 Å². The number of carbonyl (C=O) groups excluding carboxylic acids is 1. The lowest BCUT2D eigenvalue weighted by Gasteiger charge is -2.25. The second kappa shape index (κ2) is 36.7. The summed E-state index contributed by atoms with van der Waals surface area (Å²) < 4.78 is 23.4. The highest BCUT2D eigenvalue weighted by molar-refractivity contribution is 7.47. The Morgan fingerprint density at radius 1 is 0.667 bits per heavy atom. The van der Waals surface area contributed by atoms with Crippen molar-refractivity contribution >= 4 is 13.7 Å². The number of quaternary nitrogens is 1. The molecule has 0 spiro atoms. The van der Waals surface area contributed by atoms with Gasteiger partial charge in [0.15, 0.2) is 0 Å². The minimum atomic E-state index is -4.39. The van der Waals surface area contributed by atoms with Crippen LogP contribution in [0, 0.1) is 0 Å². The third kappa shape index (κ3) is 38.9. The molecule has 5 atom stereocenters. The van der Waals surface area contributed by atoms with E-state index in [1.54, 1.807) is 36.5 Å². The topological polar surface area (TPSA) is 146 Å². The van der Waals surface area contributed by atoms with E-state index < -0.39 is 32.2 Å². The fraction of sp³-hybridized carbons (Fsp3) is 0.674. The van der Waals surface area contributed by atoms with Crippen LogP contribution in [-0.2, 0) is 18.4 Å². The van der Waals surface area contributed by atoms with E-state index >= 15 is 0 Å². The van der Waals surface area contributed by atoms with E-state index in [1.807, 2.05) is 69.8 Å². The smallest absolute Gasteiger partial charge is 0.389 e. The minimum Gasteiger partial charge on any atom is -0.389 e. The summed E-state index contributed by atoms with van der Waals surface area (Å²) in [6, 6.07) is -0.927. The molecule has 0 saturated heterocycles. The van der Waals surface area contributed by atoms with Crippen molar-refractivity contribution in [1.82, 2.24) is 5.32 Å². The van der Waals surface area contributed by atoms with Gasteiger partial charge in [-0.3, -0.25) is 13.8 Å². The van der Waals surface area contributed by atoms with Crippen molar-refractivity contribution in [2.75, 3.05) is 40.9 Å². The van der Waals surface area contributed by atoms with E-state index in [2.05, 4.69) is 19.2 Å². The van der Waals surface area contributed by atoms with Gasteiger partial charge in [-0.05, 0) is 44.9 Å². The average molecular weight is 822 g/mol. The van der Waals surface area contributed by atoms with E-state index in [1.165, 1.54) is 64.2 Å². The first kappa shape index (κ1) is 54.6. The van der Waals surface area contributed by atoms with E-state index in [0.717, 1.165) is 25.7 Å². The average Bonchev–Trinajstić information content (AvgIpc) is 3.15. The lowest BCUT2D eigenvalue weighted by molar-refractivity contribution is -0.870. The van der Waals surface area contributed by atoms with Crippen molar-refractivity contribution < 1.29 is 43.1 Å². The van der Waals surface area contributed by atoms with Gasteiger partial charge in [0.05, 0.1) is 52.1 Å². The molecule has 0 aromatic rings. The van der Waals surface area contributed by atoms with Gasteiger partial charge in [-0.25, -0.2) is 4.57 Å². The van der Waals surface area contributed by atoms with Gasteiger partial charge in [0.25, 0.3) is 0 Å². The molecule has 57 heavy (non-hydrogen) atoms. The number of phosphoric ester groups is 1. The summed E-state index contributed by atoms with van der Waals surface area (Å²) >= 11 is 0. The minimum absolute atomic E-state index is 0.0234. The van der Waals surface area contributed by atoms with E-state index in [-0.39, 0.29) is 25.5 Å². The highest BCUT2D eigenvalue weighted by atomic mass is 31.2. The number of hydrogen-bond acceptors (Lipinski definition) is 7. The molecule has 0 rings (SSSR count). The number of unbranched alkanes of at least 4 members (excludes halogenated alkanes) is 12. The summed E-state index contributed by atoms with van der Waals surface area (Å²) in [4.78, 5) is 23.1. The molecule has 11 heteroatoms. The number of carbonyl (C=O) groups is 1. The normalized spacial score (nSPS) is 16.3. The quantitative estimate of drug-likeness (QED) is 0.0137. The van der Waals surface area contributed by atoms with Crippen LogP contribution in [0.3, 0.4) is 0 Å². The zero-order valence-electron chi connectivity index (χ0n) is 36.3. The maximum absolute atomic E-state index is 12.8. The van der Waals surface area contributed by atoms with E-state index in [0.29, 0.717) is 36.7 Å². The van der Waals surface area contributed by atoms with Gasteiger partial charge in [0.1, 0.15) is 13.2 Å². The van der Waals surface area contributed by atoms with Crippen LogP contribution in [0.5, 0.6) is 0 Å². The molecule has 1 amide bonds. The van der Waals surface area contributed by atoms with Crippen molar-refractivity contribution in [2.45, 2.75) is 160 Å². The first-order valence-corrected chi connectivity index (χ1v) is 23.2. The number of allylic oxidation sites excluding steroid dienone is 9. The molecule has 0 heterocycles. The van der Waals surface area contributed by atoms with E-state index in [4.69, 9.17) is 9.05 Å². The predicted molar refractivity (Wildman–Crippen MR) is 238 cm³/mol. The summed E-state index contributed by atoms with van der Waals surface area (Å²) in [5.41, 5.74) is 0. The third-order valence-electron chi connectivity index (χ3n) is 9.05. The number of rotatable bonds is 37. The predicted octanol–water partition coefficient (Wildman–Crippen LogP) is 9.74. The highest BCUT2D eigenvalue weighted by Gasteiger charge is 2.27. The second-order valence-electron chi connectivity index (χ2n) is 15.7. The zero-order valence-corrected chi connectivity index (χ0v) is 37.2. The number of aliphatic hydroxyl groups excluding tert-OH is 3. The Bertz CT molecular complexity index is 1240. The standard InChI is InChI=1S/C46H81N2O8P/c1-6-8-10-11-12-13-14-15-16-17-18-19-23-31-37-45(51)44(41-56-57(53,54)55-40-39-48(3,4)5)47-46(52)38-32-24-21-20-22-28-34-43(50)36-30-26-25-29-35-42(49)33-27-9-7-2/h9,21-22,24-31,35-37,42-45,49-51H,6-8,10-20,23,32-34,38-41H2,1-5H3,(H-,47,52,53,54)/p+1/b24-21-,26-25-,27-9-,28-22-,35-29+,36-30+,37-31+/t42-,43+,44-,45+/m0/s1. The number of likely N-dealkylation sites (N-methyl/N-ethyl adjacent to an activating group) is 1. The van der Waals surface area contributed by atoms with Crippen LogP contribution in [0.4, 0.5) is 0 Å². The lowest BCUT2D eigenvalue weighted by atomic mass is 10.0. The Balaban J connectivity index is 4.73. The fourth-order valence-electron chi connectivity index (χ4n) is 5.53. The number of nitrogens with one attached hydrogen (secondary N) is 1. The maximum Gasteiger partial charge on any atom is 0.472 e. The molecule has 328 valence electrons. The Labute approximate surface area is 347 Å². The van der Waals surface area contributed by atoms with Gasteiger partial charge in [0.2, 0.25) is 5.91 Å². The molecule has 0 aromatic heterocycles. The van der Waals surface area contributed by atoms with Crippen molar-refractivity contribution in [1.29, 1.82) is 0 Å². The van der Waals surface area contributed by atoms with Crippen LogP contribution in [0.1, 0.15) is 136 Å². The monoisotopic (exact) mass is 822 g/mol. The Hall–Kier alpha value is -2.40. The van der Waals surface area contributed by atoms with Crippen LogP contribution >= 0.6 is 7.82 Å². The van der Waals surface area contributed by atoms with Crippen molar-refractivity contribution in [2.24, 2.45) is 0 Å². The van der Waals surface area contributed by atoms with Gasteiger partial charge in [0, 0.05) is 6.42 Å². The Morgan fingerprint density at radius 2 is 1.21 bits per heavy atom. The maximum atomic E-state index is 12.8. The van der Waals surface area contributed by atoms with E-state index in [9.17, 15) is 29.6 Å². The molecule has 1 unspecified atom stereocenters. The molecule has 10 nitrogen and oxygen atoms in total. The molecular weight excluding hydrogens is 739 g/mol. The fourth-order valence-corrected chi connectivity index (χ4v) is 6.27. The molecule has 0 fully saturated rings. The SMILES string of the molecule is CC/C=C\C[C@H](O)/C=C/C=C\C=C\[C@H](O)C/C=C\C/C=C\CCC(=O)N[C@@H](COP(=O)(O)OCC[N+](C)(C)C)[C@H](O)/C=C/CCCCCCCCCCCCCC. The summed E-state index contributed by atoms with van der Waals surface area (Å²) in [7, 11) is 1.44. The summed E-state index contributed by atoms with van der Waals surface area (Å²) in [5.74, 6) is -0.310. The van der Waals surface area contributed by atoms with Gasteiger partial charge < -0.3 is 30.0 Å². The Kier molecular flexibility index (Phi) is 35.1. The first-order valence-electron chi connectivity index (χ1n) is 21.7. The van der Waals surface area contributed by atoms with Gasteiger partial charge in [-0.15, -0.1) is 0 Å². The number of amides is 1. The molecule has 0 radical (unpaired) electrons. The van der Waals surface area contributed by atoms with Crippen molar-refractivity contribution in [3.8, 4) is 0 Å². The molecule has 0 aliphatic carbocycles. The van der Waals surface area contributed by atoms with Crippen LogP contribution in [0.15, 0.2) is 85.1 Å². The second-order valence-corrected chi connectivity index (χ2v) is 17.2. The highest BCUT2D eigenvalue weighted by Crippen LogP contribution is 2.43. The summed E-state index contributed by atoms with van der Waals surface area (Å²) in [6.45, 7) is 4.44. The third-order valence-corrected chi connectivity index (χ3v) is 10.0. The van der Waals surface area contributed by atoms with Gasteiger partial charge in [-0.1, -0.05) is 170 Å². The number of aliphatic hydroxyl groups is 3. The molecular formula is C46H82N2O8P+. The number of hydrogen-bond donors (Lipinski definition) is 5. The van der Waals surface area contributed by atoms with Gasteiger partial charge in [-0.2, -0.15) is 0 Å². The molecule has 0 aliphatic heterocycles. The molecule has 5 N–H and O–H groups in total. The molecule has 0 bridgehead atoms. The Morgan fingerprint density at radius 3 is 1.77 bits per heavy atom. The van der Waals surface area contributed by atoms with Crippen LogP contribution in [0.25, 0.3) is 0 Å². The largest absolute Gasteiger partial charge is 0.472 e. The summed E-state index contributed by atoms with van der Waals surface area (Å²) in [5, 5.41) is 33.7. The van der Waals surface area contributed by atoms with Crippen LogP contribution in [0.2, 0.25) is 0 Å². The van der Waals surface area contributed by atoms with Gasteiger partial charge >= 0.3 is 7.82 Å². The number of phosphoric acid groups is 1. The summed E-state index contributed by atoms with van der Waals surface area (Å²) in [6.07, 6.45) is 42.9. The van der Waals surface area contributed by atoms with Crippen molar-refractivity contribution in [3.05, 3.63) is 85.1 Å². The van der Waals surface area contributed by atoms with Crippen LogP contribution < -0.4 is 5.32 Å². The first-order chi connectivity index (χ1) is 27.3. The lowest BCUT2D eigenvalue weighted by Crippen LogP contribution is -2.45. The molecule has 0 aromatic carbocycles. The van der Waals surface area contributed by atoms with Crippen molar-refractivity contribution in [3.63, 3.8) is 0 Å². The zero-order chi connectivity index (χ0) is 42.5. The molecule has 0 saturated carbocycles. The molecule has 0 aliphatic rings.